The van der Waals surface area contributed by atoms with Crippen molar-refractivity contribution in [3.63, 3.8) is 0 Å². The fourth-order valence-electron chi connectivity index (χ4n) is 2.51. The number of piperidine rings is 1. The molecule has 2 rings (SSSR count). The first-order valence-corrected chi connectivity index (χ1v) is 8.03. The van der Waals surface area contributed by atoms with Gasteiger partial charge in [0.2, 0.25) is 10.0 Å². The highest BCUT2D eigenvalue weighted by atomic mass is 32.2. The zero-order valence-electron chi connectivity index (χ0n) is 10.1. The molecule has 0 aliphatic carbocycles. The van der Waals surface area contributed by atoms with Crippen LogP contribution >= 0.6 is 0 Å². The number of sulfonamides is 1. The Balaban J connectivity index is 1.80. The number of hydrogen-bond donors (Lipinski definition) is 0. The molecule has 2 fully saturated rings. The molecule has 4 nitrogen and oxygen atoms in total. The Labute approximate surface area is 103 Å². The minimum atomic E-state index is -3.12. The summed E-state index contributed by atoms with van der Waals surface area (Å²) in [6.45, 7) is 2.88. The van der Waals surface area contributed by atoms with Crippen LogP contribution in [0.15, 0.2) is 0 Å². The molecule has 0 radical (unpaired) electrons. The molecule has 0 aromatic rings. The predicted octanol–water partition coefficient (Wildman–Crippen LogP) is 0.846. The Kier molecular flexibility index (Phi) is 4.38. The first kappa shape index (κ1) is 13.2. The van der Waals surface area contributed by atoms with Crippen LogP contribution in [0.4, 0.5) is 4.39 Å². The van der Waals surface area contributed by atoms with Crippen molar-refractivity contribution < 1.29 is 12.8 Å². The van der Waals surface area contributed by atoms with E-state index in [0.29, 0.717) is 39.1 Å². The molecule has 2 aliphatic heterocycles. The van der Waals surface area contributed by atoms with Gasteiger partial charge >= 0.3 is 0 Å². The molecule has 0 aromatic heterocycles. The normalized spacial score (nSPS) is 28.6. The second kappa shape index (κ2) is 5.63. The molecular formula is C11H21FN2O2S. The van der Waals surface area contributed by atoms with Crippen molar-refractivity contribution >= 4 is 10.0 Å². The van der Waals surface area contributed by atoms with Crippen LogP contribution in [0, 0.1) is 0 Å². The number of nitrogens with zero attached hydrogens (tertiary/aromatic N) is 2. The molecule has 0 saturated carbocycles. The minimum absolute atomic E-state index is 0.139. The van der Waals surface area contributed by atoms with E-state index in [0.717, 1.165) is 19.3 Å². The summed E-state index contributed by atoms with van der Waals surface area (Å²) < 4.78 is 38.6. The largest absolute Gasteiger partial charge is 0.299 e. The number of halogens is 1. The molecule has 100 valence electrons. The zero-order valence-corrected chi connectivity index (χ0v) is 11.0. The fraction of sp³-hybridized carbons (Fsp3) is 1.00. The molecule has 1 unspecified atom stereocenters. The molecule has 0 spiro atoms. The standard InChI is InChI=1S/C11H21FN2O2S/c12-11-4-7-13(10-11)8-9-17(15,16)14-5-2-1-3-6-14/h11H,1-10H2. The van der Waals surface area contributed by atoms with Crippen molar-refractivity contribution in [1.82, 2.24) is 9.21 Å². The van der Waals surface area contributed by atoms with Crippen LogP contribution < -0.4 is 0 Å². The van der Waals surface area contributed by atoms with Gasteiger partial charge in [0, 0.05) is 32.7 Å². The van der Waals surface area contributed by atoms with E-state index in [4.69, 9.17) is 0 Å². The summed E-state index contributed by atoms with van der Waals surface area (Å²) in [5, 5.41) is 0. The quantitative estimate of drug-likeness (QED) is 0.756. The van der Waals surface area contributed by atoms with E-state index < -0.39 is 16.2 Å². The highest BCUT2D eigenvalue weighted by Crippen LogP contribution is 2.15. The summed E-state index contributed by atoms with van der Waals surface area (Å²) in [6.07, 6.45) is 2.84. The maximum atomic E-state index is 12.9. The maximum absolute atomic E-state index is 12.9. The zero-order chi connectivity index (χ0) is 12.3. The molecule has 17 heavy (non-hydrogen) atoms. The first-order chi connectivity index (χ1) is 8.08. The van der Waals surface area contributed by atoms with E-state index in [9.17, 15) is 12.8 Å². The van der Waals surface area contributed by atoms with E-state index in [2.05, 4.69) is 0 Å². The Morgan fingerprint density at radius 3 is 2.41 bits per heavy atom. The SMILES string of the molecule is O=S(=O)(CCN1CCC(F)C1)N1CCCCC1. The van der Waals surface area contributed by atoms with Gasteiger partial charge in [-0.1, -0.05) is 6.42 Å². The number of hydrogen-bond acceptors (Lipinski definition) is 3. The molecule has 0 amide bonds. The molecular weight excluding hydrogens is 243 g/mol. The highest BCUT2D eigenvalue weighted by molar-refractivity contribution is 7.89. The third kappa shape index (κ3) is 3.63. The van der Waals surface area contributed by atoms with Gasteiger partial charge in [0.15, 0.2) is 0 Å². The van der Waals surface area contributed by atoms with Crippen LogP contribution in [0.3, 0.4) is 0 Å². The van der Waals surface area contributed by atoms with Crippen LogP contribution in [0.2, 0.25) is 0 Å². The van der Waals surface area contributed by atoms with Gasteiger partial charge in [-0.3, -0.25) is 4.90 Å². The lowest BCUT2D eigenvalue weighted by molar-refractivity contribution is 0.294. The maximum Gasteiger partial charge on any atom is 0.215 e. The summed E-state index contributed by atoms with van der Waals surface area (Å²) in [6, 6.07) is 0. The van der Waals surface area contributed by atoms with Crippen molar-refractivity contribution in [1.29, 1.82) is 0 Å². The van der Waals surface area contributed by atoms with Gasteiger partial charge in [0.25, 0.3) is 0 Å². The van der Waals surface area contributed by atoms with Gasteiger partial charge in [-0.2, -0.15) is 0 Å². The van der Waals surface area contributed by atoms with Crippen LogP contribution in [-0.4, -0.2) is 62.3 Å². The van der Waals surface area contributed by atoms with Crippen molar-refractivity contribution in [3.8, 4) is 0 Å². The molecule has 0 aromatic carbocycles. The summed E-state index contributed by atoms with van der Waals surface area (Å²) >= 11 is 0. The lowest BCUT2D eigenvalue weighted by Crippen LogP contribution is -2.40. The van der Waals surface area contributed by atoms with Crippen LogP contribution in [0.1, 0.15) is 25.7 Å². The lowest BCUT2D eigenvalue weighted by atomic mass is 10.2. The van der Waals surface area contributed by atoms with E-state index in [1.165, 1.54) is 0 Å². The minimum Gasteiger partial charge on any atom is -0.299 e. The molecule has 2 saturated heterocycles. The second-order valence-electron chi connectivity index (χ2n) is 4.96. The Morgan fingerprint density at radius 1 is 1.12 bits per heavy atom. The summed E-state index contributed by atoms with van der Waals surface area (Å²) in [5.41, 5.74) is 0. The van der Waals surface area contributed by atoms with E-state index in [-0.39, 0.29) is 5.75 Å². The summed E-state index contributed by atoms with van der Waals surface area (Å²) in [5.74, 6) is 0.139. The number of alkyl halides is 1. The molecule has 2 heterocycles. The summed E-state index contributed by atoms with van der Waals surface area (Å²) in [4.78, 5) is 1.91. The van der Waals surface area contributed by atoms with Crippen molar-refractivity contribution in [2.75, 3.05) is 38.5 Å². The van der Waals surface area contributed by atoms with Crippen LogP contribution in [0.5, 0.6) is 0 Å². The average Bonchev–Trinajstić information content (AvgIpc) is 2.74. The fourth-order valence-corrected chi connectivity index (χ4v) is 4.07. The topological polar surface area (TPSA) is 40.6 Å². The lowest BCUT2D eigenvalue weighted by Gasteiger charge is -2.26. The monoisotopic (exact) mass is 264 g/mol. The van der Waals surface area contributed by atoms with Gasteiger partial charge in [-0.15, -0.1) is 0 Å². The van der Waals surface area contributed by atoms with Gasteiger partial charge in [0.1, 0.15) is 6.17 Å². The van der Waals surface area contributed by atoms with Crippen molar-refractivity contribution in [2.24, 2.45) is 0 Å². The first-order valence-electron chi connectivity index (χ1n) is 6.42. The van der Waals surface area contributed by atoms with E-state index in [1.54, 1.807) is 4.31 Å². The Hall–Kier alpha value is -0.200. The molecule has 2 aliphatic rings. The third-order valence-corrected chi connectivity index (χ3v) is 5.44. The molecule has 0 bridgehead atoms. The number of likely N-dealkylation sites (tertiary alicyclic amines) is 1. The highest BCUT2D eigenvalue weighted by Gasteiger charge is 2.27. The Morgan fingerprint density at radius 2 is 1.82 bits per heavy atom. The van der Waals surface area contributed by atoms with Crippen LogP contribution in [0.25, 0.3) is 0 Å². The molecule has 1 atom stereocenters. The van der Waals surface area contributed by atoms with E-state index >= 15 is 0 Å². The molecule has 6 heteroatoms. The summed E-state index contributed by atoms with van der Waals surface area (Å²) in [7, 11) is -3.12. The van der Waals surface area contributed by atoms with Gasteiger partial charge in [0.05, 0.1) is 5.75 Å². The molecule has 0 N–H and O–H groups in total. The number of rotatable bonds is 4. The van der Waals surface area contributed by atoms with Crippen molar-refractivity contribution in [3.05, 3.63) is 0 Å². The third-order valence-electron chi connectivity index (χ3n) is 3.59. The smallest absolute Gasteiger partial charge is 0.215 e. The van der Waals surface area contributed by atoms with Gasteiger partial charge in [-0.05, 0) is 19.3 Å². The average molecular weight is 264 g/mol. The van der Waals surface area contributed by atoms with E-state index in [1.807, 2.05) is 4.90 Å². The van der Waals surface area contributed by atoms with Crippen LogP contribution in [-0.2, 0) is 10.0 Å². The van der Waals surface area contributed by atoms with Gasteiger partial charge < -0.3 is 0 Å². The second-order valence-corrected chi connectivity index (χ2v) is 7.05. The van der Waals surface area contributed by atoms with Gasteiger partial charge in [-0.25, -0.2) is 17.1 Å². The van der Waals surface area contributed by atoms with Crippen molar-refractivity contribution in [2.45, 2.75) is 31.9 Å². The predicted molar refractivity (Wildman–Crippen MR) is 65.2 cm³/mol. The Bertz CT molecular complexity index is 341.